The van der Waals surface area contributed by atoms with Gasteiger partial charge < -0.3 is 20.5 Å². The van der Waals surface area contributed by atoms with Crippen LogP contribution >= 0.6 is 0 Å². The van der Waals surface area contributed by atoms with E-state index in [-0.39, 0.29) is 6.10 Å². The smallest absolute Gasteiger partial charge is 0.193 e. The summed E-state index contributed by atoms with van der Waals surface area (Å²) in [6.07, 6.45) is 0.900. The van der Waals surface area contributed by atoms with Crippen LogP contribution in [0.2, 0.25) is 0 Å². The molecule has 0 saturated carbocycles. The number of hydrogen-bond donors (Lipinski definition) is 2. The molecule has 2 aromatic rings. The summed E-state index contributed by atoms with van der Waals surface area (Å²) in [6.45, 7) is 0.517. The third kappa shape index (κ3) is 3.14. The van der Waals surface area contributed by atoms with Crippen LogP contribution in [0.15, 0.2) is 53.5 Å². The van der Waals surface area contributed by atoms with Gasteiger partial charge in [0.1, 0.15) is 17.6 Å². The summed E-state index contributed by atoms with van der Waals surface area (Å²) >= 11 is 0. The molecular formula is C17H19N3O2. The highest BCUT2D eigenvalue weighted by Crippen LogP contribution is 2.28. The Balaban J connectivity index is 1.60. The van der Waals surface area contributed by atoms with Gasteiger partial charge in [-0.3, -0.25) is 0 Å². The topological polar surface area (TPSA) is 68.9 Å². The van der Waals surface area contributed by atoms with E-state index in [0.717, 1.165) is 23.6 Å². The van der Waals surface area contributed by atoms with Crippen molar-refractivity contribution in [2.75, 3.05) is 19.0 Å². The minimum Gasteiger partial charge on any atom is -0.495 e. The first-order valence-electron chi connectivity index (χ1n) is 7.21. The number of aliphatic imine (C=N–C) groups is 1. The fourth-order valence-corrected chi connectivity index (χ4v) is 2.48. The Hall–Kier alpha value is -2.69. The highest BCUT2D eigenvalue weighted by molar-refractivity contribution is 5.93. The van der Waals surface area contributed by atoms with Gasteiger partial charge in [-0.15, -0.1) is 0 Å². The van der Waals surface area contributed by atoms with Crippen molar-refractivity contribution in [3.05, 3.63) is 54.1 Å². The van der Waals surface area contributed by atoms with Gasteiger partial charge in [-0.25, -0.2) is 4.99 Å². The van der Waals surface area contributed by atoms with E-state index < -0.39 is 0 Å². The second-order valence-electron chi connectivity index (χ2n) is 5.10. The van der Waals surface area contributed by atoms with Gasteiger partial charge in [0.2, 0.25) is 0 Å². The second kappa shape index (κ2) is 6.39. The molecule has 5 nitrogen and oxygen atoms in total. The molecule has 1 unspecified atom stereocenters. The maximum absolute atomic E-state index is 5.94. The molecule has 0 spiro atoms. The number of nitrogens with two attached hydrogens (primary N) is 1. The number of rotatable bonds is 4. The molecule has 0 saturated heterocycles. The molecule has 22 heavy (non-hydrogen) atoms. The third-order valence-corrected chi connectivity index (χ3v) is 3.55. The summed E-state index contributed by atoms with van der Waals surface area (Å²) in [5.74, 6) is 2.02. The van der Waals surface area contributed by atoms with Crippen LogP contribution in [-0.4, -0.2) is 25.7 Å². The van der Waals surface area contributed by atoms with Crippen molar-refractivity contribution >= 4 is 11.6 Å². The van der Waals surface area contributed by atoms with Gasteiger partial charge in [0.05, 0.1) is 19.3 Å². The molecule has 0 aromatic heterocycles. The van der Waals surface area contributed by atoms with Crippen LogP contribution in [0.4, 0.5) is 5.69 Å². The zero-order valence-electron chi connectivity index (χ0n) is 12.5. The number of nitrogens with zero attached hydrogens (tertiary/aromatic N) is 1. The summed E-state index contributed by atoms with van der Waals surface area (Å²) in [7, 11) is 1.62. The molecule has 1 aliphatic heterocycles. The zero-order chi connectivity index (χ0) is 15.4. The SMILES string of the molecule is COc1ccccc1NC(N)=NCC1Cc2ccccc2O1. The van der Waals surface area contributed by atoms with E-state index in [1.165, 1.54) is 5.56 Å². The van der Waals surface area contributed by atoms with Crippen molar-refractivity contribution in [1.29, 1.82) is 0 Å². The summed E-state index contributed by atoms with van der Waals surface area (Å²) in [6, 6.07) is 15.6. The molecule has 0 radical (unpaired) electrons. The number of benzene rings is 2. The van der Waals surface area contributed by atoms with Crippen molar-refractivity contribution in [2.24, 2.45) is 10.7 Å². The molecule has 5 heteroatoms. The van der Waals surface area contributed by atoms with Crippen LogP contribution < -0.4 is 20.5 Å². The normalized spacial score (nSPS) is 16.8. The van der Waals surface area contributed by atoms with Gasteiger partial charge in [-0.05, 0) is 23.8 Å². The maximum Gasteiger partial charge on any atom is 0.193 e. The van der Waals surface area contributed by atoms with Crippen molar-refractivity contribution in [1.82, 2.24) is 0 Å². The quantitative estimate of drug-likeness (QED) is 0.672. The van der Waals surface area contributed by atoms with Gasteiger partial charge in [0, 0.05) is 6.42 Å². The Bertz CT molecular complexity index is 660. The summed E-state index contributed by atoms with van der Waals surface area (Å²) in [5, 5.41) is 3.05. The summed E-state index contributed by atoms with van der Waals surface area (Å²) in [4.78, 5) is 4.36. The fourth-order valence-electron chi connectivity index (χ4n) is 2.48. The molecule has 0 fully saturated rings. The van der Waals surface area contributed by atoms with Crippen LogP contribution in [0.3, 0.4) is 0 Å². The number of guanidine groups is 1. The van der Waals surface area contributed by atoms with E-state index in [1.54, 1.807) is 7.11 Å². The lowest BCUT2D eigenvalue weighted by molar-refractivity contribution is 0.242. The number of methoxy groups -OCH3 is 1. The van der Waals surface area contributed by atoms with Crippen LogP contribution in [-0.2, 0) is 6.42 Å². The highest BCUT2D eigenvalue weighted by Gasteiger charge is 2.21. The first kappa shape index (κ1) is 14.3. The molecule has 3 rings (SSSR count). The standard InChI is InChI=1S/C17H19N3O2/c1-21-16-9-5-3-7-14(16)20-17(18)19-11-13-10-12-6-2-4-8-15(12)22-13/h2-9,13H,10-11H2,1H3,(H3,18,19,20). The number of ether oxygens (including phenoxy) is 2. The molecule has 1 heterocycles. The van der Waals surface area contributed by atoms with Gasteiger partial charge in [-0.2, -0.15) is 0 Å². The molecule has 114 valence electrons. The molecular weight excluding hydrogens is 278 g/mol. The van der Waals surface area contributed by atoms with E-state index in [9.17, 15) is 0 Å². The highest BCUT2D eigenvalue weighted by atomic mass is 16.5. The van der Waals surface area contributed by atoms with Gasteiger partial charge >= 0.3 is 0 Å². The molecule has 3 N–H and O–H groups in total. The van der Waals surface area contributed by atoms with E-state index in [4.69, 9.17) is 15.2 Å². The van der Waals surface area contributed by atoms with Crippen LogP contribution in [0.5, 0.6) is 11.5 Å². The van der Waals surface area contributed by atoms with Gasteiger partial charge in [0.25, 0.3) is 0 Å². The Kier molecular flexibility index (Phi) is 4.14. The molecule has 0 bridgehead atoms. The fraction of sp³-hybridized carbons (Fsp3) is 0.235. The van der Waals surface area contributed by atoms with Crippen LogP contribution in [0.25, 0.3) is 0 Å². The largest absolute Gasteiger partial charge is 0.495 e. The lowest BCUT2D eigenvalue weighted by atomic mass is 10.1. The summed E-state index contributed by atoms with van der Waals surface area (Å²) in [5.41, 5.74) is 7.95. The Morgan fingerprint density at radius 2 is 2.05 bits per heavy atom. The van der Waals surface area contributed by atoms with E-state index >= 15 is 0 Å². The first-order chi connectivity index (χ1) is 10.8. The first-order valence-corrected chi connectivity index (χ1v) is 7.21. The van der Waals surface area contributed by atoms with Gasteiger partial charge in [-0.1, -0.05) is 30.3 Å². The minimum atomic E-state index is 0.0374. The number of fused-ring (bicyclic) bond motifs is 1. The maximum atomic E-state index is 5.94. The predicted octanol–water partition coefficient (Wildman–Crippen LogP) is 2.43. The van der Waals surface area contributed by atoms with Crippen LogP contribution in [0.1, 0.15) is 5.56 Å². The van der Waals surface area contributed by atoms with Crippen LogP contribution in [0, 0.1) is 0 Å². The summed E-state index contributed by atoms with van der Waals surface area (Å²) < 4.78 is 11.1. The predicted molar refractivity (Wildman–Crippen MR) is 87.7 cm³/mol. The van der Waals surface area contributed by atoms with Gasteiger partial charge in [0.15, 0.2) is 5.96 Å². The van der Waals surface area contributed by atoms with Crippen molar-refractivity contribution < 1.29 is 9.47 Å². The van der Waals surface area contributed by atoms with E-state index in [1.807, 2.05) is 42.5 Å². The number of para-hydroxylation sites is 3. The minimum absolute atomic E-state index is 0.0374. The average molecular weight is 297 g/mol. The molecule has 1 aliphatic rings. The zero-order valence-corrected chi connectivity index (χ0v) is 12.5. The number of hydrogen-bond acceptors (Lipinski definition) is 3. The molecule has 2 aromatic carbocycles. The van der Waals surface area contributed by atoms with E-state index in [0.29, 0.717) is 12.5 Å². The lowest BCUT2D eigenvalue weighted by Crippen LogP contribution is -2.26. The van der Waals surface area contributed by atoms with Crippen molar-refractivity contribution in [3.63, 3.8) is 0 Å². The lowest BCUT2D eigenvalue weighted by Gasteiger charge is -2.11. The third-order valence-electron chi connectivity index (χ3n) is 3.55. The Morgan fingerprint density at radius 1 is 1.27 bits per heavy atom. The second-order valence-corrected chi connectivity index (χ2v) is 5.10. The number of anilines is 1. The Labute approximate surface area is 129 Å². The van der Waals surface area contributed by atoms with Crippen molar-refractivity contribution in [3.8, 4) is 11.5 Å². The van der Waals surface area contributed by atoms with Crippen molar-refractivity contribution in [2.45, 2.75) is 12.5 Å². The van der Waals surface area contributed by atoms with E-state index in [2.05, 4.69) is 16.4 Å². The molecule has 0 aliphatic carbocycles. The molecule has 1 atom stereocenters. The molecule has 0 amide bonds. The monoisotopic (exact) mass is 297 g/mol. The average Bonchev–Trinajstić information content (AvgIpc) is 2.96. The number of nitrogens with one attached hydrogen (secondary N) is 1. The Morgan fingerprint density at radius 3 is 2.86 bits per heavy atom.